The van der Waals surface area contributed by atoms with Crippen molar-refractivity contribution in [3.05, 3.63) is 138 Å². The lowest BCUT2D eigenvalue weighted by molar-refractivity contribution is -0.128. The maximum atomic E-state index is 12.5. The molecule has 0 atom stereocenters. The van der Waals surface area contributed by atoms with Crippen LogP contribution in [-0.2, 0) is 4.79 Å². The third-order valence-corrected chi connectivity index (χ3v) is 5.07. The molecule has 0 spiro atoms. The number of hydrogen-bond acceptors (Lipinski definition) is 6. The monoisotopic (exact) mass is 490 g/mol. The highest BCUT2D eigenvalue weighted by molar-refractivity contribution is 5.96. The summed E-state index contributed by atoms with van der Waals surface area (Å²) in [6.45, 7) is 0. The summed E-state index contributed by atoms with van der Waals surface area (Å²) in [5.41, 5.74) is 4.35. The van der Waals surface area contributed by atoms with Gasteiger partial charge in [-0.25, -0.2) is 15.0 Å². The maximum Gasteiger partial charge on any atom is 0.343 e. The molecule has 0 aliphatic rings. The summed E-state index contributed by atoms with van der Waals surface area (Å²) in [6.07, 6.45) is 4.14. The number of hydrazone groups is 1. The predicted molar refractivity (Wildman–Crippen MR) is 140 cm³/mol. The number of para-hydroxylation sites is 2. The van der Waals surface area contributed by atoms with Crippen LogP contribution < -0.4 is 14.9 Å². The highest BCUT2D eigenvalue weighted by Crippen LogP contribution is 2.22. The second-order valence-electron chi connectivity index (χ2n) is 7.65. The molecule has 7 nitrogen and oxygen atoms in total. The molecule has 0 unspecified atom stereocenters. The number of benzene rings is 4. The summed E-state index contributed by atoms with van der Waals surface area (Å²) in [6, 6.07) is 30.9. The minimum atomic E-state index is -0.640. The van der Waals surface area contributed by atoms with Gasteiger partial charge in [-0.05, 0) is 48.5 Å². The Morgan fingerprint density at radius 2 is 1.16 bits per heavy atom. The van der Waals surface area contributed by atoms with E-state index in [1.807, 2.05) is 12.1 Å². The molecule has 0 radical (unpaired) electrons. The number of carbonyl (C=O) groups excluding carboxylic acids is 3. The summed E-state index contributed by atoms with van der Waals surface area (Å²) < 4.78 is 11.0. The topological polar surface area (TPSA) is 94.1 Å². The Morgan fingerprint density at radius 1 is 0.622 bits per heavy atom. The first-order chi connectivity index (χ1) is 18.1. The average molecular weight is 491 g/mol. The van der Waals surface area contributed by atoms with Gasteiger partial charge in [0.2, 0.25) is 0 Å². The van der Waals surface area contributed by atoms with Gasteiger partial charge in [0, 0.05) is 22.8 Å². The molecule has 1 N–H and O–H groups in total. The van der Waals surface area contributed by atoms with Crippen LogP contribution in [0, 0.1) is 0 Å². The van der Waals surface area contributed by atoms with E-state index in [9.17, 15) is 14.4 Å². The Hall–Kier alpha value is -5.30. The highest BCUT2D eigenvalue weighted by atomic mass is 16.5. The van der Waals surface area contributed by atoms with Gasteiger partial charge in [-0.3, -0.25) is 4.79 Å². The van der Waals surface area contributed by atoms with E-state index < -0.39 is 11.9 Å². The van der Waals surface area contributed by atoms with Gasteiger partial charge < -0.3 is 9.47 Å². The van der Waals surface area contributed by atoms with Gasteiger partial charge in [0.05, 0.1) is 11.8 Å². The van der Waals surface area contributed by atoms with Crippen molar-refractivity contribution < 1.29 is 23.9 Å². The van der Waals surface area contributed by atoms with Crippen LogP contribution in [0.2, 0.25) is 0 Å². The molecule has 4 rings (SSSR count). The highest BCUT2D eigenvalue weighted by Gasteiger charge is 2.11. The SMILES string of the molecule is O=C(/C=C/c1ccccc1OC(=O)c1ccccc1)Oc1ccccc1/C=N/NC(=O)c1ccccc1. The number of hydrogen-bond donors (Lipinski definition) is 1. The molecule has 0 aliphatic carbocycles. The number of amides is 1. The average Bonchev–Trinajstić information content (AvgIpc) is 2.94. The zero-order chi connectivity index (χ0) is 25.9. The zero-order valence-electron chi connectivity index (χ0n) is 19.6. The standard InChI is InChI=1S/C30H22N2O5/c33-28(20-19-22-11-7-9-17-26(22)37-30(35)24-14-5-2-6-15-24)36-27-18-10-8-16-25(27)21-31-32-29(34)23-12-3-1-4-13-23/h1-21H,(H,32,34)/b20-19+,31-21+. The van der Waals surface area contributed by atoms with E-state index in [1.54, 1.807) is 97.1 Å². The van der Waals surface area contributed by atoms with Crippen molar-refractivity contribution in [1.82, 2.24) is 5.43 Å². The van der Waals surface area contributed by atoms with Crippen molar-refractivity contribution in [3.8, 4) is 11.5 Å². The Kier molecular flexibility index (Phi) is 8.33. The number of carbonyl (C=O) groups is 3. The minimum Gasteiger partial charge on any atom is -0.423 e. The van der Waals surface area contributed by atoms with Gasteiger partial charge >= 0.3 is 11.9 Å². The quantitative estimate of drug-likeness (QED) is 0.119. The normalized spacial score (nSPS) is 10.8. The summed E-state index contributed by atoms with van der Waals surface area (Å²) in [7, 11) is 0. The van der Waals surface area contributed by atoms with E-state index in [2.05, 4.69) is 10.5 Å². The first-order valence-corrected chi connectivity index (χ1v) is 11.3. The molecule has 0 aromatic heterocycles. The predicted octanol–water partition coefficient (Wildman–Crippen LogP) is 5.29. The van der Waals surface area contributed by atoms with Crippen LogP contribution in [0.25, 0.3) is 6.08 Å². The summed E-state index contributed by atoms with van der Waals surface area (Å²) in [4.78, 5) is 37.1. The third kappa shape index (κ3) is 7.10. The Bertz CT molecular complexity index is 1450. The number of nitrogens with zero attached hydrogens (tertiary/aromatic N) is 1. The molecule has 4 aromatic rings. The fourth-order valence-electron chi connectivity index (χ4n) is 3.24. The van der Waals surface area contributed by atoms with Crippen molar-refractivity contribution in [1.29, 1.82) is 0 Å². The van der Waals surface area contributed by atoms with Crippen LogP contribution in [0.5, 0.6) is 11.5 Å². The number of ether oxygens (including phenoxy) is 2. The van der Waals surface area contributed by atoms with E-state index in [-0.39, 0.29) is 11.7 Å². The Morgan fingerprint density at radius 3 is 1.84 bits per heavy atom. The van der Waals surface area contributed by atoms with E-state index in [1.165, 1.54) is 18.4 Å². The second kappa shape index (κ2) is 12.4. The molecule has 0 aliphatic heterocycles. The largest absolute Gasteiger partial charge is 0.423 e. The second-order valence-corrected chi connectivity index (χ2v) is 7.65. The molecule has 37 heavy (non-hydrogen) atoms. The lowest BCUT2D eigenvalue weighted by Crippen LogP contribution is -2.17. The van der Waals surface area contributed by atoms with E-state index in [4.69, 9.17) is 9.47 Å². The zero-order valence-corrected chi connectivity index (χ0v) is 19.6. The molecular weight excluding hydrogens is 468 g/mol. The smallest absolute Gasteiger partial charge is 0.343 e. The lowest BCUT2D eigenvalue weighted by Gasteiger charge is -2.08. The molecule has 0 bridgehead atoms. The molecular formula is C30H22N2O5. The molecule has 0 saturated carbocycles. The van der Waals surface area contributed by atoms with Crippen molar-refractivity contribution in [2.24, 2.45) is 5.10 Å². The number of rotatable bonds is 8. The molecule has 4 aromatic carbocycles. The fraction of sp³-hybridized carbons (Fsp3) is 0. The van der Waals surface area contributed by atoms with Crippen LogP contribution in [0.1, 0.15) is 31.8 Å². The molecule has 182 valence electrons. The van der Waals surface area contributed by atoms with Crippen LogP contribution in [-0.4, -0.2) is 24.1 Å². The van der Waals surface area contributed by atoms with Gasteiger partial charge in [0.15, 0.2) is 0 Å². The molecule has 7 heteroatoms. The lowest BCUT2D eigenvalue weighted by atomic mass is 10.2. The molecule has 0 saturated heterocycles. The van der Waals surface area contributed by atoms with E-state index >= 15 is 0 Å². The van der Waals surface area contributed by atoms with Crippen molar-refractivity contribution >= 4 is 30.1 Å². The molecule has 0 fully saturated rings. The molecule has 1 amide bonds. The van der Waals surface area contributed by atoms with Crippen LogP contribution >= 0.6 is 0 Å². The number of nitrogens with one attached hydrogen (secondary N) is 1. The first kappa shape index (κ1) is 24.8. The Labute approximate surface area is 213 Å². The summed E-state index contributed by atoms with van der Waals surface area (Å²) in [5, 5.41) is 3.96. The van der Waals surface area contributed by atoms with Gasteiger partial charge in [-0.15, -0.1) is 0 Å². The van der Waals surface area contributed by atoms with Crippen LogP contribution in [0.3, 0.4) is 0 Å². The van der Waals surface area contributed by atoms with E-state index in [0.717, 1.165) is 0 Å². The molecule has 0 heterocycles. The summed E-state index contributed by atoms with van der Waals surface area (Å²) in [5.74, 6) is -0.934. The third-order valence-electron chi connectivity index (χ3n) is 5.07. The summed E-state index contributed by atoms with van der Waals surface area (Å²) >= 11 is 0. The van der Waals surface area contributed by atoms with E-state index in [0.29, 0.717) is 28.0 Å². The fourth-order valence-corrected chi connectivity index (χ4v) is 3.24. The van der Waals surface area contributed by atoms with Crippen LogP contribution in [0.4, 0.5) is 0 Å². The van der Waals surface area contributed by atoms with Crippen molar-refractivity contribution in [2.75, 3.05) is 0 Å². The minimum absolute atomic E-state index is 0.263. The van der Waals surface area contributed by atoms with Gasteiger partial charge in [0.1, 0.15) is 11.5 Å². The van der Waals surface area contributed by atoms with Gasteiger partial charge in [-0.1, -0.05) is 66.7 Å². The Balaban J connectivity index is 1.40. The van der Waals surface area contributed by atoms with Crippen LogP contribution in [0.15, 0.2) is 120 Å². The maximum absolute atomic E-state index is 12.5. The van der Waals surface area contributed by atoms with Gasteiger partial charge in [-0.2, -0.15) is 5.10 Å². The first-order valence-electron chi connectivity index (χ1n) is 11.3. The van der Waals surface area contributed by atoms with Crippen molar-refractivity contribution in [2.45, 2.75) is 0 Å². The van der Waals surface area contributed by atoms with Crippen molar-refractivity contribution in [3.63, 3.8) is 0 Å². The van der Waals surface area contributed by atoms with Gasteiger partial charge in [0.25, 0.3) is 5.91 Å². The number of esters is 2.